The van der Waals surface area contributed by atoms with Crippen molar-refractivity contribution < 1.29 is 14.6 Å². The molecule has 0 atom stereocenters. The van der Waals surface area contributed by atoms with Gasteiger partial charge >= 0.3 is 0 Å². The Hall–Kier alpha value is -3.02. The summed E-state index contributed by atoms with van der Waals surface area (Å²) in [5, 5.41) is 16.7. The van der Waals surface area contributed by atoms with E-state index in [1.165, 1.54) is 0 Å². The largest absolute Gasteiger partial charge is 0.507 e. The van der Waals surface area contributed by atoms with Crippen LogP contribution in [0.3, 0.4) is 0 Å². The molecular weight excluding hydrogens is 294 g/mol. The number of nitrogens with zero attached hydrogens (tertiary/aromatic N) is 1. The number of benzene rings is 2. The van der Waals surface area contributed by atoms with Gasteiger partial charge in [-0.3, -0.25) is 4.79 Å². The molecule has 0 aliphatic rings. The molecule has 0 aromatic heterocycles. The number of methoxy groups -OCH3 is 1. The standard InChI is InChI=1S/C17H19N3O3/c1-12(15-5-3-4-6-16(15)21)19-20-17(22)11-18-13-7-9-14(23-2)10-8-13/h3-10,18,21H,11H2,1-2H3,(H,20,22). The summed E-state index contributed by atoms with van der Waals surface area (Å²) >= 11 is 0. The summed E-state index contributed by atoms with van der Waals surface area (Å²) in [5.74, 6) is 0.595. The summed E-state index contributed by atoms with van der Waals surface area (Å²) in [6, 6.07) is 14.1. The third-order valence-corrected chi connectivity index (χ3v) is 3.19. The first kappa shape index (κ1) is 16.4. The number of carbonyl (C=O) groups excluding carboxylic acids is 1. The fourth-order valence-corrected chi connectivity index (χ4v) is 1.92. The quantitative estimate of drug-likeness (QED) is 0.565. The molecule has 23 heavy (non-hydrogen) atoms. The zero-order chi connectivity index (χ0) is 16.7. The van der Waals surface area contributed by atoms with Crippen LogP contribution in [0.4, 0.5) is 5.69 Å². The van der Waals surface area contributed by atoms with Crippen molar-refractivity contribution in [1.29, 1.82) is 0 Å². The highest BCUT2D eigenvalue weighted by Crippen LogP contribution is 2.16. The van der Waals surface area contributed by atoms with Gasteiger partial charge in [0.1, 0.15) is 11.5 Å². The van der Waals surface area contributed by atoms with Crippen molar-refractivity contribution in [1.82, 2.24) is 5.43 Å². The molecule has 6 heteroatoms. The lowest BCUT2D eigenvalue weighted by atomic mass is 10.1. The van der Waals surface area contributed by atoms with Crippen molar-refractivity contribution in [2.75, 3.05) is 19.0 Å². The van der Waals surface area contributed by atoms with Crippen LogP contribution in [0.2, 0.25) is 0 Å². The fourth-order valence-electron chi connectivity index (χ4n) is 1.92. The minimum Gasteiger partial charge on any atom is -0.507 e. The molecule has 0 aliphatic heterocycles. The number of phenolic OH excluding ortho intramolecular Hbond substituents is 1. The minimum absolute atomic E-state index is 0.0872. The molecule has 2 rings (SSSR count). The Bertz CT molecular complexity index is 696. The first-order valence-corrected chi connectivity index (χ1v) is 7.09. The second-order valence-electron chi connectivity index (χ2n) is 4.83. The number of para-hydroxylation sites is 1. The molecule has 2 aromatic rings. The van der Waals surface area contributed by atoms with E-state index in [4.69, 9.17) is 4.74 Å². The van der Waals surface area contributed by atoms with Crippen LogP contribution in [0, 0.1) is 0 Å². The molecule has 0 aliphatic carbocycles. The first-order valence-electron chi connectivity index (χ1n) is 7.09. The molecule has 0 spiro atoms. The highest BCUT2D eigenvalue weighted by molar-refractivity contribution is 6.01. The van der Waals surface area contributed by atoms with E-state index in [1.54, 1.807) is 50.4 Å². The van der Waals surface area contributed by atoms with E-state index in [9.17, 15) is 9.90 Å². The lowest BCUT2D eigenvalue weighted by molar-refractivity contribution is -0.119. The summed E-state index contributed by atoms with van der Waals surface area (Å²) in [6.07, 6.45) is 0. The van der Waals surface area contributed by atoms with E-state index in [-0.39, 0.29) is 18.2 Å². The van der Waals surface area contributed by atoms with Crippen LogP contribution < -0.4 is 15.5 Å². The average molecular weight is 313 g/mol. The van der Waals surface area contributed by atoms with Gasteiger partial charge in [-0.15, -0.1) is 0 Å². The normalized spacial score (nSPS) is 11.0. The average Bonchev–Trinajstić information content (AvgIpc) is 2.58. The van der Waals surface area contributed by atoms with Gasteiger partial charge in [-0.05, 0) is 43.3 Å². The number of carbonyl (C=O) groups is 1. The maximum atomic E-state index is 11.8. The molecule has 3 N–H and O–H groups in total. The Balaban J connectivity index is 1.87. The van der Waals surface area contributed by atoms with Crippen LogP contribution in [0.5, 0.6) is 11.5 Å². The number of hydrogen-bond acceptors (Lipinski definition) is 5. The maximum Gasteiger partial charge on any atom is 0.259 e. The van der Waals surface area contributed by atoms with E-state index >= 15 is 0 Å². The van der Waals surface area contributed by atoms with Crippen LogP contribution in [-0.2, 0) is 4.79 Å². The molecular formula is C17H19N3O3. The number of hydrogen-bond donors (Lipinski definition) is 3. The van der Waals surface area contributed by atoms with E-state index in [1.807, 2.05) is 12.1 Å². The molecule has 0 heterocycles. The molecule has 0 unspecified atom stereocenters. The predicted octanol–water partition coefficient (Wildman–Crippen LogP) is 2.35. The number of aromatic hydroxyl groups is 1. The van der Waals surface area contributed by atoms with Gasteiger partial charge in [-0.25, -0.2) is 5.43 Å². The van der Waals surface area contributed by atoms with Gasteiger partial charge < -0.3 is 15.2 Å². The smallest absolute Gasteiger partial charge is 0.259 e. The van der Waals surface area contributed by atoms with E-state index in [2.05, 4.69) is 15.8 Å². The molecule has 0 bridgehead atoms. The molecule has 1 amide bonds. The number of amides is 1. The number of ether oxygens (including phenoxy) is 1. The number of hydrazone groups is 1. The molecule has 2 aromatic carbocycles. The van der Waals surface area contributed by atoms with Crippen molar-refractivity contribution in [3.63, 3.8) is 0 Å². The summed E-state index contributed by atoms with van der Waals surface area (Å²) in [4.78, 5) is 11.8. The van der Waals surface area contributed by atoms with Crippen molar-refractivity contribution in [2.24, 2.45) is 5.10 Å². The zero-order valence-electron chi connectivity index (χ0n) is 13.0. The van der Waals surface area contributed by atoms with E-state index in [0.717, 1.165) is 11.4 Å². The molecule has 6 nitrogen and oxygen atoms in total. The van der Waals surface area contributed by atoms with Gasteiger partial charge in [-0.2, -0.15) is 5.10 Å². The molecule has 120 valence electrons. The lowest BCUT2D eigenvalue weighted by Crippen LogP contribution is -2.26. The Morgan fingerprint density at radius 3 is 2.52 bits per heavy atom. The maximum absolute atomic E-state index is 11.8. The van der Waals surface area contributed by atoms with Crippen LogP contribution in [0.1, 0.15) is 12.5 Å². The van der Waals surface area contributed by atoms with Crippen LogP contribution in [0.15, 0.2) is 53.6 Å². The van der Waals surface area contributed by atoms with Crippen molar-refractivity contribution in [3.05, 3.63) is 54.1 Å². The highest BCUT2D eigenvalue weighted by atomic mass is 16.5. The Morgan fingerprint density at radius 2 is 1.87 bits per heavy atom. The minimum atomic E-state index is -0.282. The predicted molar refractivity (Wildman–Crippen MR) is 89.9 cm³/mol. The SMILES string of the molecule is COc1ccc(NCC(=O)NN=C(C)c2ccccc2O)cc1. The van der Waals surface area contributed by atoms with Gasteiger partial charge in [0, 0.05) is 11.3 Å². The summed E-state index contributed by atoms with van der Waals surface area (Å²) < 4.78 is 5.07. The summed E-state index contributed by atoms with van der Waals surface area (Å²) in [6.45, 7) is 1.80. The Labute approximate surface area is 134 Å². The van der Waals surface area contributed by atoms with Gasteiger partial charge in [0.25, 0.3) is 5.91 Å². The van der Waals surface area contributed by atoms with Crippen LogP contribution >= 0.6 is 0 Å². The van der Waals surface area contributed by atoms with Crippen molar-refractivity contribution >= 4 is 17.3 Å². The van der Waals surface area contributed by atoms with Crippen LogP contribution in [-0.4, -0.2) is 30.4 Å². The topological polar surface area (TPSA) is 83.0 Å². The number of anilines is 1. The van der Waals surface area contributed by atoms with E-state index < -0.39 is 0 Å². The van der Waals surface area contributed by atoms with Crippen LogP contribution in [0.25, 0.3) is 0 Å². The lowest BCUT2D eigenvalue weighted by Gasteiger charge is -2.07. The van der Waals surface area contributed by atoms with Gasteiger partial charge in [0.15, 0.2) is 0 Å². The fraction of sp³-hybridized carbons (Fsp3) is 0.176. The van der Waals surface area contributed by atoms with E-state index in [0.29, 0.717) is 11.3 Å². The molecule has 0 radical (unpaired) electrons. The van der Waals surface area contributed by atoms with Gasteiger partial charge in [0.05, 0.1) is 19.4 Å². The van der Waals surface area contributed by atoms with Gasteiger partial charge in [0.2, 0.25) is 0 Å². The number of rotatable bonds is 6. The Morgan fingerprint density at radius 1 is 1.17 bits per heavy atom. The summed E-state index contributed by atoms with van der Waals surface area (Å²) in [5.41, 5.74) is 4.37. The van der Waals surface area contributed by atoms with Crippen molar-refractivity contribution in [2.45, 2.75) is 6.92 Å². The number of nitrogens with one attached hydrogen (secondary N) is 2. The zero-order valence-corrected chi connectivity index (χ0v) is 13.0. The second kappa shape index (κ2) is 7.84. The third kappa shape index (κ3) is 4.74. The molecule has 0 saturated heterocycles. The van der Waals surface area contributed by atoms with Gasteiger partial charge in [-0.1, -0.05) is 12.1 Å². The number of phenols is 1. The monoisotopic (exact) mass is 313 g/mol. The third-order valence-electron chi connectivity index (χ3n) is 3.19. The second-order valence-corrected chi connectivity index (χ2v) is 4.83. The Kier molecular flexibility index (Phi) is 5.57. The molecule has 0 fully saturated rings. The highest BCUT2D eigenvalue weighted by Gasteiger charge is 2.05. The molecule has 0 saturated carbocycles. The van der Waals surface area contributed by atoms with Crippen molar-refractivity contribution in [3.8, 4) is 11.5 Å². The summed E-state index contributed by atoms with van der Waals surface area (Å²) in [7, 11) is 1.60. The first-order chi connectivity index (χ1) is 11.1.